The molecule has 0 bridgehead atoms. The van der Waals surface area contributed by atoms with Crippen molar-refractivity contribution in [1.29, 1.82) is 0 Å². The second-order valence-electron chi connectivity index (χ2n) is 1.42. The Balaban J connectivity index is 0. The van der Waals surface area contributed by atoms with Crippen molar-refractivity contribution in [2.45, 2.75) is 20.0 Å². The van der Waals surface area contributed by atoms with Crippen LogP contribution < -0.4 is 5.11 Å². The van der Waals surface area contributed by atoms with Crippen molar-refractivity contribution in [2.75, 3.05) is 0 Å². The molecule has 0 aromatic heterocycles. The zero-order chi connectivity index (χ0) is 5.86. The minimum atomic E-state index is -1.46. The van der Waals surface area contributed by atoms with E-state index in [9.17, 15) is 9.90 Å². The quantitative estimate of drug-likeness (QED) is 0.348. The summed E-state index contributed by atoms with van der Waals surface area (Å²) in [5, 5.41) is 9.48. The minimum absolute atomic E-state index is 0. The van der Waals surface area contributed by atoms with Gasteiger partial charge in [0.05, 0.1) is 0 Å². The Kier molecular flexibility index (Phi) is 7.07. The van der Waals surface area contributed by atoms with Crippen LogP contribution >= 0.6 is 0 Å². The number of hydrogen-bond donors (Lipinski definition) is 0. The molecule has 0 aliphatic rings. The molecule has 4 heteroatoms. The first-order valence-corrected chi connectivity index (χ1v) is 2.00. The first-order chi connectivity index (χ1) is 3.13. The van der Waals surface area contributed by atoms with Gasteiger partial charge in [0.1, 0.15) is 0 Å². The molecule has 0 aliphatic heterocycles. The second-order valence-corrected chi connectivity index (χ2v) is 1.42. The number of hydrogen-bond acceptors (Lipinski definition) is 3. The molecular weight excluding hydrogens is 120 g/mol. The molecule has 0 saturated heterocycles. The van der Waals surface area contributed by atoms with Crippen LogP contribution in [0.1, 0.15) is 13.8 Å². The zero-order valence-corrected chi connectivity index (χ0v) is 6.42. The Bertz CT molecular complexity index is 71.7. The molecule has 0 saturated carbocycles. The van der Waals surface area contributed by atoms with Gasteiger partial charge in [0, 0.05) is 6.10 Å². The number of carbonyl (C=O) groups excluding carboxylic acids is 1. The van der Waals surface area contributed by atoms with E-state index < -0.39 is 6.16 Å². The third-order valence-corrected chi connectivity index (χ3v) is 0.332. The van der Waals surface area contributed by atoms with E-state index in [4.69, 9.17) is 0 Å². The summed E-state index contributed by atoms with van der Waals surface area (Å²) in [5.74, 6) is 0. The van der Waals surface area contributed by atoms with Gasteiger partial charge in [-0.25, -0.2) is 0 Å². The largest absolute Gasteiger partial charge is 2.00 e. The van der Waals surface area contributed by atoms with Crippen molar-refractivity contribution in [1.82, 2.24) is 0 Å². The Morgan fingerprint density at radius 2 is 2.00 bits per heavy atom. The molecule has 0 fully saturated rings. The standard InChI is InChI=1S/C4H8O3.Mg/c1-3(2)7-4(5)6;/h3H,1-2H3,(H,5,6);/q;+2/p-1. The molecule has 0 atom stereocenters. The molecule has 0 aliphatic carbocycles. The van der Waals surface area contributed by atoms with E-state index in [0.717, 1.165) is 0 Å². The maximum Gasteiger partial charge on any atom is 2.00 e. The summed E-state index contributed by atoms with van der Waals surface area (Å²) < 4.78 is 4.06. The maximum atomic E-state index is 9.48. The van der Waals surface area contributed by atoms with Gasteiger partial charge in [-0.1, -0.05) is 0 Å². The third kappa shape index (κ3) is 9.40. The first kappa shape index (κ1) is 10.9. The minimum Gasteiger partial charge on any atom is -0.547 e. The molecule has 0 aromatic carbocycles. The number of carbonyl (C=O) groups is 1. The van der Waals surface area contributed by atoms with Crippen LogP contribution in [0.5, 0.6) is 0 Å². The van der Waals surface area contributed by atoms with Crippen molar-refractivity contribution in [3.8, 4) is 0 Å². The predicted molar refractivity (Wildman–Crippen MR) is 27.4 cm³/mol. The fourth-order valence-corrected chi connectivity index (χ4v) is 0.192. The van der Waals surface area contributed by atoms with Gasteiger partial charge in [-0.05, 0) is 13.8 Å². The Morgan fingerprint density at radius 3 is 2.00 bits per heavy atom. The fraction of sp³-hybridized carbons (Fsp3) is 0.750. The van der Waals surface area contributed by atoms with Crippen LogP contribution in [0.15, 0.2) is 0 Å². The molecule has 0 unspecified atom stereocenters. The maximum absolute atomic E-state index is 9.48. The van der Waals surface area contributed by atoms with E-state index in [1.807, 2.05) is 0 Å². The molecule has 0 aromatic rings. The summed E-state index contributed by atoms with van der Waals surface area (Å²) in [4.78, 5) is 9.48. The molecule has 0 N–H and O–H groups in total. The van der Waals surface area contributed by atoms with Gasteiger partial charge < -0.3 is 14.6 Å². The number of rotatable bonds is 1. The summed E-state index contributed by atoms with van der Waals surface area (Å²) in [7, 11) is 0. The van der Waals surface area contributed by atoms with Gasteiger partial charge >= 0.3 is 23.1 Å². The predicted octanol–water partition coefficient (Wildman–Crippen LogP) is -0.626. The monoisotopic (exact) mass is 127 g/mol. The van der Waals surface area contributed by atoms with Gasteiger partial charge in [0.15, 0.2) is 0 Å². The molecule has 0 radical (unpaired) electrons. The normalized spacial score (nSPS) is 7.88. The van der Waals surface area contributed by atoms with E-state index >= 15 is 0 Å². The fourth-order valence-electron chi connectivity index (χ4n) is 0.192. The van der Waals surface area contributed by atoms with Crippen LogP contribution in [0.25, 0.3) is 0 Å². The summed E-state index contributed by atoms with van der Waals surface area (Å²) in [5.41, 5.74) is 0. The summed E-state index contributed by atoms with van der Waals surface area (Å²) in [6.45, 7) is 3.24. The summed E-state index contributed by atoms with van der Waals surface area (Å²) in [6.07, 6.45) is -1.75. The Labute approximate surface area is 64.2 Å². The SMILES string of the molecule is CC(C)OC(=O)[O-].[Mg+2]. The molecule has 42 valence electrons. The smallest absolute Gasteiger partial charge is 0.547 e. The average molecular weight is 127 g/mol. The van der Waals surface area contributed by atoms with Gasteiger partial charge in [0.2, 0.25) is 0 Å². The van der Waals surface area contributed by atoms with Gasteiger partial charge in [-0.15, -0.1) is 0 Å². The van der Waals surface area contributed by atoms with Crippen molar-refractivity contribution < 1.29 is 14.6 Å². The molecule has 0 rings (SSSR count). The first-order valence-electron chi connectivity index (χ1n) is 2.00. The van der Waals surface area contributed by atoms with Crippen molar-refractivity contribution in [3.05, 3.63) is 0 Å². The van der Waals surface area contributed by atoms with E-state index in [-0.39, 0.29) is 29.2 Å². The van der Waals surface area contributed by atoms with Gasteiger partial charge in [0.25, 0.3) is 6.16 Å². The molecular formula is C4H7MgO3+. The Morgan fingerprint density at radius 1 is 1.62 bits per heavy atom. The molecule has 0 amide bonds. The molecule has 3 nitrogen and oxygen atoms in total. The third-order valence-electron chi connectivity index (χ3n) is 0.332. The van der Waals surface area contributed by atoms with Gasteiger partial charge in [-0.2, -0.15) is 0 Å². The van der Waals surface area contributed by atoms with E-state index in [1.165, 1.54) is 0 Å². The van der Waals surface area contributed by atoms with E-state index in [1.54, 1.807) is 13.8 Å². The van der Waals surface area contributed by atoms with Crippen LogP contribution in [0, 0.1) is 0 Å². The molecule has 0 spiro atoms. The van der Waals surface area contributed by atoms with Crippen LogP contribution in [0.2, 0.25) is 0 Å². The van der Waals surface area contributed by atoms with Crippen LogP contribution in [-0.4, -0.2) is 35.3 Å². The van der Waals surface area contributed by atoms with Crippen LogP contribution in [-0.2, 0) is 4.74 Å². The second kappa shape index (κ2) is 5.18. The Hall–Kier alpha value is 0.0362. The topological polar surface area (TPSA) is 49.4 Å². The van der Waals surface area contributed by atoms with Crippen molar-refractivity contribution in [2.24, 2.45) is 0 Å². The summed E-state index contributed by atoms with van der Waals surface area (Å²) in [6, 6.07) is 0. The average Bonchev–Trinajstić information content (AvgIpc) is 1.27. The van der Waals surface area contributed by atoms with Crippen LogP contribution in [0.4, 0.5) is 4.79 Å². The van der Waals surface area contributed by atoms with Gasteiger partial charge in [-0.3, -0.25) is 0 Å². The molecule has 8 heavy (non-hydrogen) atoms. The van der Waals surface area contributed by atoms with Crippen molar-refractivity contribution in [3.63, 3.8) is 0 Å². The molecule has 0 heterocycles. The number of ether oxygens (including phenoxy) is 1. The van der Waals surface area contributed by atoms with Crippen molar-refractivity contribution >= 4 is 29.2 Å². The summed E-state index contributed by atoms with van der Waals surface area (Å²) >= 11 is 0. The van der Waals surface area contributed by atoms with E-state index in [2.05, 4.69) is 4.74 Å². The zero-order valence-electron chi connectivity index (χ0n) is 5.01. The number of carboxylic acid groups (broad SMARTS) is 1. The van der Waals surface area contributed by atoms with Crippen LogP contribution in [0.3, 0.4) is 0 Å². The van der Waals surface area contributed by atoms with E-state index in [0.29, 0.717) is 0 Å².